The maximum absolute atomic E-state index is 12.3. The summed E-state index contributed by atoms with van der Waals surface area (Å²) in [5, 5.41) is 5.13. The molecule has 7 heteroatoms. The first kappa shape index (κ1) is 16.9. The van der Waals surface area contributed by atoms with Crippen molar-refractivity contribution < 1.29 is 14.3 Å². The van der Waals surface area contributed by atoms with Gasteiger partial charge >= 0.3 is 0 Å². The lowest BCUT2D eigenvalue weighted by atomic mass is 10.3. The van der Waals surface area contributed by atoms with Crippen molar-refractivity contribution in [2.24, 2.45) is 0 Å². The minimum Gasteiger partial charge on any atom is -0.497 e. The fourth-order valence-corrected chi connectivity index (χ4v) is 2.79. The highest BCUT2D eigenvalue weighted by molar-refractivity contribution is 7.14. The summed E-state index contributed by atoms with van der Waals surface area (Å²) in [4.78, 5) is 20.9. The van der Waals surface area contributed by atoms with Crippen LogP contribution in [0.2, 0.25) is 0 Å². The molecule has 0 aliphatic heterocycles. The number of hydrogen-bond donors (Lipinski definition) is 1. The fourth-order valence-electron chi connectivity index (χ4n) is 2.08. The van der Waals surface area contributed by atoms with E-state index in [0.717, 1.165) is 17.1 Å². The quantitative estimate of drug-likeness (QED) is 0.731. The minimum absolute atomic E-state index is 0.266. The normalized spacial score (nSPS) is 11.6. The van der Waals surface area contributed by atoms with E-state index in [2.05, 4.69) is 15.3 Å². The lowest BCUT2D eigenvalue weighted by molar-refractivity contribution is -0.122. The van der Waals surface area contributed by atoms with Crippen molar-refractivity contribution in [2.45, 2.75) is 13.0 Å². The Morgan fingerprint density at radius 1 is 1.12 bits per heavy atom. The van der Waals surface area contributed by atoms with Crippen LogP contribution < -0.4 is 14.8 Å². The Morgan fingerprint density at radius 3 is 2.56 bits per heavy atom. The standard InChI is InChI=1S/C18H17N3O3S/c1-12(24-14-8-6-13(23-2)7-9-14)17(22)21-18-20-16(11-25-18)15-5-3-4-10-19-15/h3-12H,1-2H3,(H,20,21,22). The Balaban J connectivity index is 1.60. The Bertz CT molecular complexity index is 834. The predicted octanol–water partition coefficient (Wildman–Crippen LogP) is 3.62. The van der Waals surface area contributed by atoms with Crippen molar-refractivity contribution >= 4 is 22.4 Å². The van der Waals surface area contributed by atoms with Gasteiger partial charge in [-0.25, -0.2) is 4.98 Å². The highest BCUT2D eigenvalue weighted by Gasteiger charge is 2.17. The summed E-state index contributed by atoms with van der Waals surface area (Å²) >= 11 is 1.35. The number of thiazole rings is 1. The number of methoxy groups -OCH3 is 1. The number of ether oxygens (including phenoxy) is 2. The van der Waals surface area contributed by atoms with Crippen LogP contribution in [0.5, 0.6) is 11.5 Å². The minimum atomic E-state index is -0.657. The average Bonchev–Trinajstić information content (AvgIpc) is 3.11. The van der Waals surface area contributed by atoms with Crippen LogP contribution >= 0.6 is 11.3 Å². The lowest BCUT2D eigenvalue weighted by Crippen LogP contribution is -2.30. The monoisotopic (exact) mass is 355 g/mol. The van der Waals surface area contributed by atoms with Crippen LogP contribution in [0.15, 0.2) is 54.0 Å². The smallest absolute Gasteiger partial charge is 0.266 e. The van der Waals surface area contributed by atoms with E-state index in [1.165, 1.54) is 11.3 Å². The first-order valence-corrected chi connectivity index (χ1v) is 8.52. The molecule has 3 aromatic rings. The van der Waals surface area contributed by atoms with Crippen molar-refractivity contribution in [3.8, 4) is 22.9 Å². The van der Waals surface area contributed by atoms with E-state index in [0.29, 0.717) is 10.9 Å². The number of carbonyl (C=O) groups is 1. The molecule has 2 heterocycles. The van der Waals surface area contributed by atoms with E-state index >= 15 is 0 Å². The number of carbonyl (C=O) groups excluding carboxylic acids is 1. The highest BCUT2D eigenvalue weighted by Crippen LogP contribution is 2.23. The van der Waals surface area contributed by atoms with Crippen LogP contribution in [-0.2, 0) is 4.79 Å². The van der Waals surface area contributed by atoms with Gasteiger partial charge in [0.25, 0.3) is 5.91 Å². The number of nitrogens with zero attached hydrogens (tertiary/aromatic N) is 2. The molecule has 1 aromatic carbocycles. The molecule has 3 rings (SSSR count). The third kappa shape index (κ3) is 4.33. The summed E-state index contributed by atoms with van der Waals surface area (Å²) in [5.74, 6) is 1.06. The van der Waals surface area contributed by atoms with Gasteiger partial charge < -0.3 is 9.47 Å². The van der Waals surface area contributed by atoms with Crippen LogP contribution in [0.4, 0.5) is 5.13 Å². The number of rotatable bonds is 6. The summed E-state index contributed by atoms with van der Waals surface area (Å²) < 4.78 is 10.7. The number of nitrogens with one attached hydrogen (secondary N) is 1. The summed E-state index contributed by atoms with van der Waals surface area (Å²) in [7, 11) is 1.60. The molecule has 1 unspecified atom stereocenters. The molecule has 6 nitrogen and oxygen atoms in total. The maximum Gasteiger partial charge on any atom is 0.266 e. The third-order valence-electron chi connectivity index (χ3n) is 3.40. The molecule has 0 radical (unpaired) electrons. The second-order valence-electron chi connectivity index (χ2n) is 5.18. The number of hydrogen-bond acceptors (Lipinski definition) is 6. The zero-order valence-corrected chi connectivity index (χ0v) is 14.6. The van der Waals surface area contributed by atoms with Gasteiger partial charge in [-0.15, -0.1) is 11.3 Å². The second-order valence-corrected chi connectivity index (χ2v) is 6.04. The molecule has 25 heavy (non-hydrogen) atoms. The Hall–Kier alpha value is -2.93. The van der Waals surface area contributed by atoms with Gasteiger partial charge in [-0.05, 0) is 43.3 Å². The number of aromatic nitrogens is 2. The molecular formula is C18H17N3O3S. The molecule has 2 aromatic heterocycles. The van der Waals surface area contributed by atoms with E-state index in [-0.39, 0.29) is 5.91 Å². The maximum atomic E-state index is 12.3. The van der Waals surface area contributed by atoms with E-state index in [1.54, 1.807) is 44.5 Å². The summed E-state index contributed by atoms with van der Waals surface area (Å²) in [6.07, 6.45) is 1.05. The van der Waals surface area contributed by atoms with E-state index < -0.39 is 6.10 Å². The van der Waals surface area contributed by atoms with Gasteiger partial charge in [0.15, 0.2) is 11.2 Å². The van der Waals surface area contributed by atoms with E-state index in [9.17, 15) is 4.79 Å². The van der Waals surface area contributed by atoms with Gasteiger partial charge in [-0.1, -0.05) is 6.07 Å². The Kier molecular flexibility index (Phi) is 5.25. The summed E-state index contributed by atoms with van der Waals surface area (Å²) in [5.41, 5.74) is 1.49. The van der Waals surface area contributed by atoms with Crippen LogP contribution in [0.1, 0.15) is 6.92 Å². The zero-order valence-electron chi connectivity index (χ0n) is 13.8. The Labute approximate surface area is 149 Å². The molecule has 1 N–H and O–H groups in total. The molecule has 0 saturated heterocycles. The summed E-state index contributed by atoms with van der Waals surface area (Å²) in [6, 6.07) is 12.7. The molecule has 1 atom stereocenters. The van der Waals surface area contributed by atoms with E-state index in [4.69, 9.17) is 9.47 Å². The number of anilines is 1. The molecular weight excluding hydrogens is 338 g/mol. The number of amides is 1. The van der Waals surface area contributed by atoms with Crippen molar-refractivity contribution in [3.05, 3.63) is 54.0 Å². The van der Waals surface area contributed by atoms with Crippen molar-refractivity contribution in [2.75, 3.05) is 12.4 Å². The topological polar surface area (TPSA) is 73.3 Å². The second kappa shape index (κ2) is 7.76. The molecule has 128 valence electrons. The first-order chi connectivity index (χ1) is 12.2. The van der Waals surface area contributed by atoms with Crippen LogP contribution in [-0.4, -0.2) is 29.1 Å². The third-order valence-corrected chi connectivity index (χ3v) is 4.16. The summed E-state index contributed by atoms with van der Waals surface area (Å²) in [6.45, 7) is 1.69. The highest BCUT2D eigenvalue weighted by atomic mass is 32.1. The van der Waals surface area contributed by atoms with Gasteiger partial charge in [0.2, 0.25) is 0 Å². The SMILES string of the molecule is COc1ccc(OC(C)C(=O)Nc2nc(-c3ccccn3)cs2)cc1. The number of benzene rings is 1. The van der Waals surface area contributed by atoms with Crippen LogP contribution in [0.3, 0.4) is 0 Å². The molecule has 0 bridgehead atoms. The molecule has 0 saturated carbocycles. The molecule has 0 spiro atoms. The van der Waals surface area contributed by atoms with Gasteiger partial charge in [0.1, 0.15) is 17.2 Å². The zero-order chi connectivity index (χ0) is 17.6. The lowest BCUT2D eigenvalue weighted by Gasteiger charge is -2.13. The molecule has 0 fully saturated rings. The van der Waals surface area contributed by atoms with Gasteiger partial charge in [0, 0.05) is 11.6 Å². The van der Waals surface area contributed by atoms with Crippen molar-refractivity contribution in [1.29, 1.82) is 0 Å². The van der Waals surface area contributed by atoms with Crippen molar-refractivity contribution in [1.82, 2.24) is 9.97 Å². The largest absolute Gasteiger partial charge is 0.497 e. The van der Waals surface area contributed by atoms with Gasteiger partial charge in [-0.3, -0.25) is 15.1 Å². The first-order valence-electron chi connectivity index (χ1n) is 7.64. The number of pyridine rings is 1. The van der Waals surface area contributed by atoms with Crippen molar-refractivity contribution in [3.63, 3.8) is 0 Å². The Morgan fingerprint density at radius 2 is 1.88 bits per heavy atom. The van der Waals surface area contributed by atoms with Crippen LogP contribution in [0, 0.1) is 0 Å². The van der Waals surface area contributed by atoms with E-state index in [1.807, 2.05) is 23.6 Å². The van der Waals surface area contributed by atoms with Gasteiger partial charge in [-0.2, -0.15) is 0 Å². The fraction of sp³-hybridized carbons (Fsp3) is 0.167. The van der Waals surface area contributed by atoms with Gasteiger partial charge in [0.05, 0.1) is 12.8 Å². The predicted molar refractivity (Wildman–Crippen MR) is 97.1 cm³/mol. The van der Waals surface area contributed by atoms with Crippen LogP contribution in [0.25, 0.3) is 11.4 Å². The molecule has 0 aliphatic rings. The average molecular weight is 355 g/mol. The molecule has 1 amide bonds. The molecule has 0 aliphatic carbocycles.